The lowest BCUT2D eigenvalue weighted by molar-refractivity contribution is -0.121. The largest absolute Gasteiger partial charge is 0.356 e. The van der Waals surface area contributed by atoms with Gasteiger partial charge < -0.3 is 15.6 Å². The summed E-state index contributed by atoms with van der Waals surface area (Å²) in [4.78, 5) is 15.7. The first-order chi connectivity index (χ1) is 9.43. The molecule has 0 aromatic carbocycles. The van der Waals surface area contributed by atoms with Crippen LogP contribution in [0.3, 0.4) is 0 Å². The van der Waals surface area contributed by atoms with Crippen molar-refractivity contribution < 1.29 is 9.32 Å². The minimum absolute atomic E-state index is 0.0655. The van der Waals surface area contributed by atoms with Crippen molar-refractivity contribution in [2.45, 2.75) is 46.5 Å². The maximum atomic E-state index is 11.8. The summed E-state index contributed by atoms with van der Waals surface area (Å²) in [5, 5.41) is 6.39. The average Bonchev–Trinajstić information content (AvgIpc) is 2.86. The van der Waals surface area contributed by atoms with E-state index in [9.17, 15) is 4.79 Å². The van der Waals surface area contributed by atoms with Crippen LogP contribution in [0.1, 0.15) is 45.9 Å². The average molecular weight is 282 g/mol. The van der Waals surface area contributed by atoms with Crippen LogP contribution >= 0.6 is 0 Å². The number of nitrogens with zero attached hydrogens (tertiary/aromatic N) is 2. The fourth-order valence-corrected chi connectivity index (χ4v) is 2.22. The Labute approximate surface area is 120 Å². The van der Waals surface area contributed by atoms with Gasteiger partial charge in [0.15, 0.2) is 6.33 Å². The molecule has 0 fully saturated rings. The van der Waals surface area contributed by atoms with E-state index in [2.05, 4.69) is 36.2 Å². The number of carbonyl (C=O) groups is 1. The molecule has 1 atom stereocenters. The van der Waals surface area contributed by atoms with Gasteiger partial charge in [0, 0.05) is 19.4 Å². The second kappa shape index (κ2) is 7.99. The number of nitrogens with one attached hydrogen (secondary N) is 1. The molecule has 0 bridgehead atoms. The molecule has 1 heterocycles. The Balaban J connectivity index is 2.24. The van der Waals surface area contributed by atoms with E-state index in [1.54, 1.807) is 0 Å². The van der Waals surface area contributed by atoms with E-state index in [1.165, 1.54) is 6.33 Å². The van der Waals surface area contributed by atoms with Crippen LogP contribution in [0.4, 0.5) is 0 Å². The van der Waals surface area contributed by atoms with E-state index < -0.39 is 0 Å². The van der Waals surface area contributed by atoms with Crippen LogP contribution in [-0.2, 0) is 11.2 Å². The van der Waals surface area contributed by atoms with Crippen LogP contribution in [0.25, 0.3) is 0 Å². The van der Waals surface area contributed by atoms with E-state index in [-0.39, 0.29) is 11.3 Å². The molecule has 1 amide bonds. The molecule has 1 unspecified atom stereocenters. The van der Waals surface area contributed by atoms with E-state index in [0.717, 1.165) is 12.8 Å². The van der Waals surface area contributed by atoms with Crippen LogP contribution in [0, 0.1) is 11.3 Å². The first-order valence-electron chi connectivity index (χ1n) is 7.15. The van der Waals surface area contributed by atoms with Crippen molar-refractivity contribution in [1.82, 2.24) is 15.5 Å². The van der Waals surface area contributed by atoms with Gasteiger partial charge in [-0.25, -0.2) is 0 Å². The molecule has 114 valence electrons. The molecule has 6 heteroatoms. The predicted octanol–water partition coefficient (Wildman–Crippen LogP) is 1.52. The van der Waals surface area contributed by atoms with Crippen LogP contribution in [0.5, 0.6) is 0 Å². The van der Waals surface area contributed by atoms with Gasteiger partial charge in [0.05, 0.1) is 0 Å². The molecule has 0 radical (unpaired) electrons. The smallest absolute Gasteiger partial charge is 0.228 e. The summed E-state index contributed by atoms with van der Waals surface area (Å²) in [6.45, 7) is 7.78. The predicted molar refractivity (Wildman–Crippen MR) is 76.9 cm³/mol. The molecule has 3 N–H and O–H groups in total. The number of nitrogens with two attached hydrogens (primary N) is 1. The minimum atomic E-state index is 0.0655. The van der Waals surface area contributed by atoms with Gasteiger partial charge in [0.2, 0.25) is 11.8 Å². The first-order valence-corrected chi connectivity index (χ1v) is 7.15. The number of hydrogen-bond donors (Lipinski definition) is 2. The third-order valence-corrected chi connectivity index (χ3v) is 3.53. The summed E-state index contributed by atoms with van der Waals surface area (Å²) in [6.07, 6.45) is 4.28. The highest BCUT2D eigenvalue weighted by molar-refractivity contribution is 5.75. The Morgan fingerprint density at radius 1 is 1.45 bits per heavy atom. The van der Waals surface area contributed by atoms with E-state index >= 15 is 0 Å². The number of rotatable bonds is 8. The zero-order valence-corrected chi connectivity index (χ0v) is 12.7. The molecule has 0 aliphatic rings. The zero-order valence-electron chi connectivity index (χ0n) is 12.7. The van der Waals surface area contributed by atoms with Crippen LogP contribution in [0.15, 0.2) is 10.9 Å². The van der Waals surface area contributed by atoms with Crippen LogP contribution in [0.2, 0.25) is 0 Å². The van der Waals surface area contributed by atoms with Crippen molar-refractivity contribution in [3.05, 3.63) is 12.2 Å². The highest BCUT2D eigenvalue weighted by Crippen LogP contribution is 2.31. The molecule has 0 saturated carbocycles. The van der Waals surface area contributed by atoms with E-state index in [4.69, 9.17) is 10.3 Å². The zero-order chi connectivity index (χ0) is 15.0. The van der Waals surface area contributed by atoms with Crippen molar-refractivity contribution in [3.63, 3.8) is 0 Å². The molecule has 1 aromatic rings. The molecule has 6 nitrogen and oxygen atoms in total. The standard InChI is InChI=1S/C14H26N4O2/c1-14(2,3)11(6-8-15)4-5-12(19)16-9-7-13-17-10-18-20-13/h10-11H,4-9,15H2,1-3H3,(H,16,19). The molecule has 1 rings (SSSR count). The van der Waals surface area contributed by atoms with Gasteiger partial charge in [-0.3, -0.25) is 4.79 Å². The second-order valence-electron chi connectivity index (χ2n) is 6.11. The van der Waals surface area contributed by atoms with E-state index in [1.807, 2.05) is 0 Å². The van der Waals surface area contributed by atoms with Crippen molar-refractivity contribution in [1.29, 1.82) is 0 Å². The molecule has 0 aliphatic heterocycles. The quantitative estimate of drug-likeness (QED) is 0.754. The Morgan fingerprint density at radius 2 is 2.20 bits per heavy atom. The highest BCUT2D eigenvalue weighted by atomic mass is 16.5. The van der Waals surface area contributed by atoms with E-state index in [0.29, 0.717) is 37.7 Å². The number of amides is 1. The fourth-order valence-electron chi connectivity index (χ4n) is 2.22. The summed E-state index contributed by atoms with van der Waals surface area (Å²) in [5.74, 6) is 1.07. The van der Waals surface area contributed by atoms with Crippen molar-refractivity contribution in [3.8, 4) is 0 Å². The first kappa shape index (κ1) is 16.6. The summed E-state index contributed by atoms with van der Waals surface area (Å²) < 4.78 is 4.86. The highest BCUT2D eigenvalue weighted by Gasteiger charge is 2.24. The Morgan fingerprint density at radius 3 is 2.75 bits per heavy atom. The van der Waals surface area contributed by atoms with Gasteiger partial charge in [0.25, 0.3) is 0 Å². The van der Waals surface area contributed by atoms with Gasteiger partial charge in [-0.05, 0) is 30.7 Å². The number of carbonyl (C=O) groups excluding carboxylic acids is 1. The topological polar surface area (TPSA) is 94.0 Å². The lowest BCUT2D eigenvalue weighted by Crippen LogP contribution is -2.29. The SMILES string of the molecule is CC(C)(C)C(CCN)CCC(=O)NCCc1ncno1. The van der Waals surface area contributed by atoms with Gasteiger partial charge in [0.1, 0.15) is 0 Å². The summed E-state index contributed by atoms with van der Waals surface area (Å²) >= 11 is 0. The molecule has 1 aromatic heterocycles. The van der Waals surface area contributed by atoms with Gasteiger partial charge in [-0.15, -0.1) is 0 Å². The number of hydrogen-bond acceptors (Lipinski definition) is 5. The lowest BCUT2D eigenvalue weighted by Gasteiger charge is -2.30. The third kappa shape index (κ3) is 6.14. The van der Waals surface area contributed by atoms with Crippen molar-refractivity contribution >= 4 is 5.91 Å². The summed E-state index contributed by atoms with van der Waals surface area (Å²) in [6, 6.07) is 0. The van der Waals surface area contributed by atoms with Crippen LogP contribution in [-0.4, -0.2) is 29.1 Å². The maximum Gasteiger partial charge on any atom is 0.228 e. The molecule has 0 spiro atoms. The van der Waals surface area contributed by atoms with Crippen molar-refractivity contribution in [2.75, 3.05) is 13.1 Å². The van der Waals surface area contributed by atoms with Gasteiger partial charge in [-0.1, -0.05) is 25.9 Å². The minimum Gasteiger partial charge on any atom is -0.356 e. The second-order valence-corrected chi connectivity index (χ2v) is 6.11. The fraction of sp³-hybridized carbons (Fsp3) is 0.786. The van der Waals surface area contributed by atoms with Gasteiger partial charge in [-0.2, -0.15) is 4.98 Å². The Bertz CT molecular complexity index is 384. The molecule has 0 aliphatic carbocycles. The third-order valence-electron chi connectivity index (χ3n) is 3.53. The summed E-state index contributed by atoms with van der Waals surface area (Å²) in [5.41, 5.74) is 5.83. The van der Waals surface area contributed by atoms with Crippen molar-refractivity contribution in [2.24, 2.45) is 17.1 Å². The van der Waals surface area contributed by atoms with Crippen LogP contribution < -0.4 is 11.1 Å². The maximum absolute atomic E-state index is 11.8. The summed E-state index contributed by atoms with van der Waals surface area (Å²) in [7, 11) is 0. The Hall–Kier alpha value is -1.43. The Kier molecular flexibility index (Phi) is 6.64. The molecular weight excluding hydrogens is 256 g/mol. The lowest BCUT2D eigenvalue weighted by atomic mass is 9.76. The molecular formula is C14H26N4O2. The molecule has 0 saturated heterocycles. The normalized spacial score (nSPS) is 13.2. The molecule has 20 heavy (non-hydrogen) atoms. The monoisotopic (exact) mass is 282 g/mol. The number of aromatic nitrogens is 2. The van der Waals surface area contributed by atoms with Gasteiger partial charge >= 0.3 is 0 Å².